The van der Waals surface area contributed by atoms with Crippen molar-refractivity contribution in [3.63, 3.8) is 0 Å². The van der Waals surface area contributed by atoms with Crippen molar-refractivity contribution in [3.8, 4) is 5.75 Å². The van der Waals surface area contributed by atoms with Crippen molar-refractivity contribution in [2.24, 2.45) is 7.05 Å². The van der Waals surface area contributed by atoms with Crippen LogP contribution >= 0.6 is 0 Å². The molecule has 0 radical (unpaired) electrons. The summed E-state index contributed by atoms with van der Waals surface area (Å²) in [5, 5.41) is 7.00. The quantitative estimate of drug-likeness (QED) is 0.855. The van der Waals surface area contributed by atoms with Gasteiger partial charge in [0.05, 0.1) is 12.8 Å². The number of aromatic nitrogens is 2. The second-order valence-electron chi connectivity index (χ2n) is 6.36. The van der Waals surface area contributed by atoms with Crippen molar-refractivity contribution in [1.29, 1.82) is 0 Å². The second kappa shape index (κ2) is 8.03. The average Bonchev–Trinajstić information content (AvgIpc) is 3.28. The molecule has 0 unspecified atom stereocenters. The Balaban J connectivity index is 1.65. The van der Waals surface area contributed by atoms with Crippen molar-refractivity contribution in [1.82, 2.24) is 20.0 Å². The van der Waals surface area contributed by atoms with Gasteiger partial charge in [-0.25, -0.2) is 0 Å². The van der Waals surface area contributed by atoms with E-state index >= 15 is 0 Å². The molecular weight excluding hydrogens is 332 g/mol. The molecule has 1 saturated heterocycles. The number of nitrogens with zero attached hydrogens (tertiary/aromatic N) is 3. The molecule has 1 fully saturated rings. The molecule has 0 bridgehead atoms. The number of hydrogen-bond donors (Lipinski definition) is 1. The van der Waals surface area contributed by atoms with Crippen LogP contribution in [0, 0.1) is 0 Å². The van der Waals surface area contributed by atoms with Gasteiger partial charge in [0.15, 0.2) is 0 Å². The monoisotopic (exact) mass is 356 g/mol. The number of carbonyl (C=O) groups is 2. The zero-order chi connectivity index (χ0) is 18.5. The molecule has 2 aromatic rings. The van der Waals surface area contributed by atoms with Crippen molar-refractivity contribution >= 4 is 11.8 Å². The number of ether oxygens (including phenoxy) is 1. The molecule has 1 aromatic heterocycles. The molecule has 2 heterocycles. The highest BCUT2D eigenvalue weighted by atomic mass is 16.5. The molecule has 26 heavy (non-hydrogen) atoms. The summed E-state index contributed by atoms with van der Waals surface area (Å²) < 4.78 is 7.16. The minimum absolute atomic E-state index is 0.124. The zero-order valence-electron chi connectivity index (χ0n) is 15.1. The van der Waals surface area contributed by atoms with E-state index in [2.05, 4.69) is 10.4 Å². The standard InChI is InChI=1S/C19H24N4O3/c1-3-26-16-7-4-6-15(10-16)19(25)23-9-5-8-17(23)18(24)20-11-14-12-21-22(2)13-14/h4,6-7,10,12-13,17H,3,5,8-9,11H2,1-2H3,(H,20,24)/t17-/m0/s1. The summed E-state index contributed by atoms with van der Waals surface area (Å²) in [6.07, 6.45) is 5.08. The topological polar surface area (TPSA) is 76.5 Å². The van der Waals surface area contributed by atoms with Gasteiger partial charge in [-0.2, -0.15) is 5.10 Å². The lowest BCUT2D eigenvalue weighted by Gasteiger charge is -2.24. The van der Waals surface area contributed by atoms with Crippen molar-refractivity contribution in [2.45, 2.75) is 32.4 Å². The van der Waals surface area contributed by atoms with Gasteiger partial charge in [0, 0.05) is 37.5 Å². The molecule has 7 nitrogen and oxygen atoms in total. The Morgan fingerprint density at radius 3 is 2.96 bits per heavy atom. The first-order chi connectivity index (χ1) is 12.6. The van der Waals surface area contributed by atoms with E-state index in [1.54, 1.807) is 34.0 Å². The molecule has 1 N–H and O–H groups in total. The lowest BCUT2D eigenvalue weighted by molar-refractivity contribution is -0.125. The molecule has 1 aromatic carbocycles. The maximum absolute atomic E-state index is 12.9. The van der Waals surface area contributed by atoms with Gasteiger partial charge in [-0.1, -0.05) is 6.07 Å². The van der Waals surface area contributed by atoms with Crippen LogP contribution in [-0.4, -0.2) is 45.7 Å². The smallest absolute Gasteiger partial charge is 0.254 e. The number of amides is 2. The van der Waals surface area contributed by atoms with Gasteiger partial charge in [-0.3, -0.25) is 14.3 Å². The lowest BCUT2D eigenvalue weighted by Crippen LogP contribution is -2.45. The van der Waals surface area contributed by atoms with E-state index in [9.17, 15) is 9.59 Å². The van der Waals surface area contributed by atoms with Crippen LogP contribution in [0.1, 0.15) is 35.7 Å². The summed E-state index contributed by atoms with van der Waals surface area (Å²) in [6.45, 7) is 3.44. The zero-order valence-corrected chi connectivity index (χ0v) is 15.1. The van der Waals surface area contributed by atoms with Crippen LogP contribution in [0.2, 0.25) is 0 Å². The van der Waals surface area contributed by atoms with Crippen molar-refractivity contribution < 1.29 is 14.3 Å². The Kier molecular flexibility index (Phi) is 5.55. The number of aryl methyl sites for hydroxylation is 1. The molecule has 1 aliphatic heterocycles. The molecule has 1 atom stereocenters. The van der Waals surface area contributed by atoms with Gasteiger partial charge < -0.3 is 15.0 Å². The minimum Gasteiger partial charge on any atom is -0.494 e. The third-order valence-corrected chi connectivity index (χ3v) is 4.43. The van der Waals surface area contributed by atoms with E-state index in [-0.39, 0.29) is 11.8 Å². The fraction of sp³-hybridized carbons (Fsp3) is 0.421. The maximum atomic E-state index is 12.9. The minimum atomic E-state index is -0.435. The summed E-state index contributed by atoms with van der Waals surface area (Å²) in [4.78, 5) is 27.1. The fourth-order valence-electron chi connectivity index (χ4n) is 3.20. The molecule has 0 spiro atoms. The van der Waals surface area contributed by atoms with Gasteiger partial charge in [0.25, 0.3) is 5.91 Å². The van der Waals surface area contributed by atoms with E-state index in [4.69, 9.17) is 4.74 Å². The predicted molar refractivity (Wildman–Crippen MR) is 96.7 cm³/mol. The Labute approximate surface area is 152 Å². The van der Waals surface area contributed by atoms with Crippen LogP contribution in [0.3, 0.4) is 0 Å². The predicted octanol–water partition coefficient (Wildman–Crippen LogP) is 1.74. The van der Waals surface area contributed by atoms with Crippen LogP contribution in [0.15, 0.2) is 36.7 Å². The summed E-state index contributed by atoms with van der Waals surface area (Å²) in [5.74, 6) is 0.404. The molecule has 0 saturated carbocycles. The van der Waals surface area contributed by atoms with Crippen molar-refractivity contribution in [2.75, 3.05) is 13.2 Å². The van der Waals surface area contributed by atoms with Crippen LogP contribution in [0.25, 0.3) is 0 Å². The number of rotatable bonds is 6. The van der Waals surface area contributed by atoms with Gasteiger partial charge in [-0.15, -0.1) is 0 Å². The van der Waals surface area contributed by atoms with Crippen LogP contribution in [0.5, 0.6) is 5.75 Å². The van der Waals surface area contributed by atoms with E-state index < -0.39 is 6.04 Å². The van der Waals surface area contributed by atoms with Gasteiger partial charge >= 0.3 is 0 Å². The molecule has 2 amide bonds. The summed E-state index contributed by atoms with van der Waals surface area (Å²) >= 11 is 0. The highest BCUT2D eigenvalue weighted by molar-refractivity contribution is 5.98. The number of benzene rings is 1. The number of nitrogens with one attached hydrogen (secondary N) is 1. The third-order valence-electron chi connectivity index (χ3n) is 4.43. The largest absolute Gasteiger partial charge is 0.494 e. The Hall–Kier alpha value is -2.83. The molecule has 0 aliphatic carbocycles. The van der Waals surface area contributed by atoms with Crippen molar-refractivity contribution in [3.05, 3.63) is 47.8 Å². The first-order valence-corrected chi connectivity index (χ1v) is 8.87. The lowest BCUT2D eigenvalue weighted by atomic mass is 10.1. The Bertz CT molecular complexity index is 787. The summed E-state index contributed by atoms with van der Waals surface area (Å²) in [6, 6.07) is 6.67. The van der Waals surface area contributed by atoms with Gasteiger partial charge in [0.2, 0.25) is 5.91 Å². The maximum Gasteiger partial charge on any atom is 0.254 e. The highest BCUT2D eigenvalue weighted by Gasteiger charge is 2.34. The average molecular weight is 356 g/mol. The van der Waals surface area contributed by atoms with Crippen LogP contribution in [-0.2, 0) is 18.4 Å². The molecule has 3 rings (SSSR count). The third kappa shape index (κ3) is 4.04. The number of likely N-dealkylation sites (tertiary alicyclic amines) is 1. The molecule has 138 valence electrons. The second-order valence-corrected chi connectivity index (χ2v) is 6.36. The van der Waals surface area contributed by atoms with E-state index in [1.165, 1.54) is 0 Å². The molecule has 1 aliphatic rings. The first kappa shape index (κ1) is 18.0. The van der Waals surface area contributed by atoms with E-state index in [0.29, 0.717) is 37.4 Å². The fourth-order valence-corrected chi connectivity index (χ4v) is 3.20. The summed E-state index contributed by atoms with van der Waals surface area (Å²) in [5.41, 5.74) is 1.48. The normalized spacial score (nSPS) is 16.5. The molecular formula is C19H24N4O3. The number of hydrogen-bond acceptors (Lipinski definition) is 4. The van der Waals surface area contributed by atoms with Crippen LogP contribution < -0.4 is 10.1 Å². The molecule has 7 heteroatoms. The Morgan fingerprint density at radius 2 is 2.23 bits per heavy atom. The van der Waals surface area contributed by atoms with Gasteiger partial charge in [-0.05, 0) is 38.0 Å². The Morgan fingerprint density at radius 1 is 1.38 bits per heavy atom. The van der Waals surface area contributed by atoms with E-state index in [1.807, 2.05) is 26.2 Å². The highest BCUT2D eigenvalue weighted by Crippen LogP contribution is 2.22. The number of carbonyl (C=O) groups excluding carboxylic acids is 2. The first-order valence-electron chi connectivity index (χ1n) is 8.87. The van der Waals surface area contributed by atoms with E-state index in [0.717, 1.165) is 12.0 Å². The SMILES string of the molecule is CCOc1cccc(C(=O)N2CCC[C@H]2C(=O)NCc2cnn(C)c2)c1. The summed E-state index contributed by atoms with van der Waals surface area (Å²) in [7, 11) is 1.83. The van der Waals surface area contributed by atoms with Crippen LogP contribution in [0.4, 0.5) is 0 Å². The van der Waals surface area contributed by atoms with Gasteiger partial charge in [0.1, 0.15) is 11.8 Å².